The molecule has 0 aromatic heterocycles. The number of ether oxygens (including phenoxy) is 3. The molecule has 0 saturated carbocycles. The van der Waals surface area contributed by atoms with Crippen LogP contribution in [-0.4, -0.2) is 42.0 Å². The molecule has 0 spiro atoms. The van der Waals surface area contributed by atoms with E-state index in [1.54, 1.807) is 7.11 Å². The van der Waals surface area contributed by atoms with Gasteiger partial charge in [0.15, 0.2) is 0 Å². The third kappa shape index (κ3) is 6.48. The van der Waals surface area contributed by atoms with Gasteiger partial charge in [-0.2, -0.15) is 0 Å². The molecule has 1 aromatic carbocycles. The van der Waals surface area contributed by atoms with Crippen LogP contribution in [0.25, 0.3) is 0 Å². The van der Waals surface area contributed by atoms with Crippen molar-refractivity contribution in [2.75, 3.05) is 33.5 Å². The van der Waals surface area contributed by atoms with E-state index in [1.165, 1.54) is 0 Å². The molecule has 0 fully saturated rings. The van der Waals surface area contributed by atoms with Gasteiger partial charge >= 0.3 is 0 Å². The smallest absolute Gasteiger partial charge is 0.264 e. The highest BCUT2D eigenvalue weighted by Gasteiger charge is 2.19. The van der Waals surface area contributed by atoms with E-state index in [9.17, 15) is 12.8 Å². The predicted molar refractivity (Wildman–Crippen MR) is 79.9 cm³/mol. The van der Waals surface area contributed by atoms with Crippen LogP contribution in [0.4, 0.5) is 4.39 Å². The van der Waals surface area contributed by atoms with E-state index in [-0.39, 0.29) is 5.75 Å². The van der Waals surface area contributed by atoms with Gasteiger partial charge in [0.2, 0.25) is 0 Å². The molecule has 120 valence electrons. The van der Waals surface area contributed by atoms with Crippen molar-refractivity contribution in [3.05, 3.63) is 22.4 Å². The maximum atomic E-state index is 13.6. The molecule has 0 amide bonds. The van der Waals surface area contributed by atoms with Gasteiger partial charge in [0.1, 0.15) is 16.5 Å². The average Bonchev–Trinajstić information content (AvgIpc) is 2.39. The summed E-state index contributed by atoms with van der Waals surface area (Å²) >= 11 is 3.11. The van der Waals surface area contributed by atoms with Crippen molar-refractivity contribution >= 4 is 35.7 Å². The summed E-state index contributed by atoms with van der Waals surface area (Å²) in [5.74, 6) is -0.756. The van der Waals surface area contributed by atoms with E-state index in [0.717, 1.165) is 12.1 Å². The summed E-state index contributed by atoms with van der Waals surface area (Å²) in [6.45, 7) is 1.80. The molecular formula is C12H15BrClFO5S. The zero-order valence-electron chi connectivity index (χ0n) is 11.3. The number of halogens is 3. The average molecular weight is 406 g/mol. The highest BCUT2D eigenvalue weighted by molar-refractivity contribution is 9.10. The van der Waals surface area contributed by atoms with Crippen molar-refractivity contribution in [1.29, 1.82) is 0 Å². The van der Waals surface area contributed by atoms with Crippen LogP contribution in [0, 0.1) is 5.82 Å². The number of methoxy groups -OCH3 is 1. The van der Waals surface area contributed by atoms with Crippen LogP contribution in [0.1, 0.15) is 6.42 Å². The first-order chi connectivity index (χ1) is 9.86. The molecule has 0 aliphatic rings. The Bertz CT molecular complexity index is 567. The van der Waals surface area contributed by atoms with Crippen molar-refractivity contribution < 1.29 is 27.0 Å². The molecule has 21 heavy (non-hydrogen) atoms. The SMILES string of the molecule is COCCOCCCOc1cc(F)c(S(=O)(=O)Cl)cc1Br. The molecule has 1 rings (SSSR count). The monoisotopic (exact) mass is 404 g/mol. The fraction of sp³-hybridized carbons (Fsp3) is 0.500. The molecule has 1 aromatic rings. The van der Waals surface area contributed by atoms with Gasteiger partial charge in [-0.25, -0.2) is 12.8 Å². The molecule has 9 heteroatoms. The van der Waals surface area contributed by atoms with E-state index in [2.05, 4.69) is 15.9 Å². The number of benzene rings is 1. The van der Waals surface area contributed by atoms with Crippen LogP contribution >= 0.6 is 26.6 Å². The number of rotatable bonds is 9. The molecule has 0 bridgehead atoms. The fourth-order valence-electron chi connectivity index (χ4n) is 1.40. The van der Waals surface area contributed by atoms with Crippen LogP contribution in [0.3, 0.4) is 0 Å². The lowest BCUT2D eigenvalue weighted by Gasteiger charge is -2.10. The van der Waals surface area contributed by atoms with E-state index < -0.39 is 19.8 Å². The Morgan fingerprint density at radius 2 is 1.95 bits per heavy atom. The van der Waals surface area contributed by atoms with Crippen LogP contribution < -0.4 is 4.74 Å². The maximum Gasteiger partial charge on any atom is 0.264 e. The topological polar surface area (TPSA) is 61.8 Å². The third-order valence-electron chi connectivity index (χ3n) is 2.37. The molecule has 0 N–H and O–H groups in total. The quantitative estimate of drug-likeness (QED) is 0.467. The molecule has 0 aliphatic carbocycles. The fourth-order valence-corrected chi connectivity index (χ4v) is 2.91. The van der Waals surface area contributed by atoms with Crippen molar-refractivity contribution in [3.8, 4) is 5.75 Å². The summed E-state index contributed by atoms with van der Waals surface area (Å²) < 4.78 is 51.6. The van der Waals surface area contributed by atoms with Crippen molar-refractivity contribution in [2.45, 2.75) is 11.3 Å². The van der Waals surface area contributed by atoms with E-state index in [4.69, 9.17) is 24.9 Å². The minimum Gasteiger partial charge on any atom is -0.492 e. The summed E-state index contributed by atoms with van der Waals surface area (Å²) in [7, 11) is 2.57. The molecule has 0 atom stereocenters. The van der Waals surface area contributed by atoms with Gasteiger partial charge < -0.3 is 14.2 Å². The van der Waals surface area contributed by atoms with Crippen LogP contribution in [-0.2, 0) is 18.5 Å². The summed E-state index contributed by atoms with van der Waals surface area (Å²) in [4.78, 5) is -0.591. The van der Waals surface area contributed by atoms with Gasteiger partial charge in [0.05, 0.1) is 24.3 Å². The van der Waals surface area contributed by atoms with Gasteiger partial charge in [-0.05, 0) is 22.0 Å². The van der Waals surface area contributed by atoms with Gasteiger partial charge in [0, 0.05) is 36.9 Å². The Kier molecular flexibility index (Phi) is 7.89. The Balaban J connectivity index is 2.52. The predicted octanol–water partition coefficient (Wildman–Crippen LogP) is 2.95. The second kappa shape index (κ2) is 8.89. The molecule has 0 heterocycles. The Hall–Kier alpha value is -0.410. The first-order valence-corrected chi connectivity index (χ1v) is 9.09. The zero-order valence-corrected chi connectivity index (χ0v) is 14.4. The lowest BCUT2D eigenvalue weighted by atomic mass is 10.3. The highest BCUT2D eigenvalue weighted by atomic mass is 79.9. The summed E-state index contributed by atoms with van der Waals surface area (Å²) in [5, 5.41) is 0. The van der Waals surface area contributed by atoms with Crippen LogP contribution in [0.2, 0.25) is 0 Å². The Morgan fingerprint density at radius 1 is 1.24 bits per heavy atom. The van der Waals surface area contributed by atoms with Crippen LogP contribution in [0.15, 0.2) is 21.5 Å². The van der Waals surface area contributed by atoms with Crippen molar-refractivity contribution in [1.82, 2.24) is 0 Å². The van der Waals surface area contributed by atoms with Crippen LogP contribution in [0.5, 0.6) is 5.75 Å². The van der Waals surface area contributed by atoms with Crippen molar-refractivity contribution in [3.63, 3.8) is 0 Å². The van der Waals surface area contributed by atoms with Gasteiger partial charge in [-0.1, -0.05) is 0 Å². The molecule has 0 unspecified atom stereocenters. The maximum absolute atomic E-state index is 13.6. The Morgan fingerprint density at radius 3 is 2.57 bits per heavy atom. The lowest BCUT2D eigenvalue weighted by molar-refractivity contribution is 0.0644. The summed E-state index contributed by atoms with van der Waals surface area (Å²) in [5.41, 5.74) is 0. The van der Waals surface area contributed by atoms with Crippen molar-refractivity contribution in [2.24, 2.45) is 0 Å². The lowest BCUT2D eigenvalue weighted by Crippen LogP contribution is -2.07. The molecule has 0 radical (unpaired) electrons. The van der Waals surface area contributed by atoms with Gasteiger partial charge in [-0.15, -0.1) is 0 Å². The first kappa shape index (κ1) is 18.6. The number of hydrogen-bond acceptors (Lipinski definition) is 5. The van der Waals surface area contributed by atoms with E-state index >= 15 is 0 Å². The molecule has 0 aliphatic heterocycles. The van der Waals surface area contributed by atoms with E-state index in [0.29, 0.717) is 37.3 Å². The standard InChI is InChI=1S/C12H15BrClFO5S/c1-18-5-6-19-3-2-4-20-11-8-10(15)12(7-9(11)13)21(14,16)17/h7-8H,2-6H2,1H3. The second-order valence-electron chi connectivity index (χ2n) is 3.96. The minimum atomic E-state index is -4.13. The highest BCUT2D eigenvalue weighted by Crippen LogP contribution is 2.31. The summed E-state index contributed by atoms with van der Waals surface area (Å²) in [6.07, 6.45) is 0.604. The molecular weight excluding hydrogens is 391 g/mol. The third-order valence-corrected chi connectivity index (χ3v) is 4.33. The van der Waals surface area contributed by atoms with E-state index in [1.807, 2.05) is 0 Å². The largest absolute Gasteiger partial charge is 0.492 e. The normalized spacial score (nSPS) is 11.6. The molecule has 0 saturated heterocycles. The van der Waals surface area contributed by atoms with Gasteiger partial charge in [0.25, 0.3) is 9.05 Å². The Labute approximate surface area is 135 Å². The second-order valence-corrected chi connectivity index (χ2v) is 7.35. The summed E-state index contributed by atoms with van der Waals surface area (Å²) in [6, 6.07) is 2.05. The minimum absolute atomic E-state index is 0.202. The zero-order chi connectivity index (χ0) is 15.9. The molecule has 5 nitrogen and oxygen atoms in total. The van der Waals surface area contributed by atoms with Gasteiger partial charge in [-0.3, -0.25) is 0 Å². The first-order valence-electron chi connectivity index (χ1n) is 5.99. The number of hydrogen-bond donors (Lipinski definition) is 0.